The van der Waals surface area contributed by atoms with Crippen LogP contribution in [-0.2, 0) is 0 Å². The summed E-state index contributed by atoms with van der Waals surface area (Å²) in [5, 5.41) is 9.02. The van der Waals surface area contributed by atoms with Gasteiger partial charge in [0.05, 0.1) is 12.2 Å². The lowest BCUT2D eigenvalue weighted by molar-refractivity contribution is 0.0697. The van der Waals surface area contributed by atoms with Crippen LogP contribution in [0.5, 0.6) is 5.75 Å². The third-order valence-corrected chi connectivity index (χ3v) is 2.68. The first-order valence-corrected chi connectivity index (χ1v) is 5.88. The lowest BCUT2D eigenvalue weighted by Crippen LogP contribution is -1.99. The van der Waals surface area contributed by atoms with E-state index in [1.54, 1.807) is 18.2 Å². The number of hydrogen-bond acceptors (Lipinski definition) is 2. The molecule has 0 aliphatic heterocycles. The first-order valence-electron chi connectivity index (χ1n) is 5.88. The second-order valence-corrected chi connectivity index (χ2v) is 3.96. The Morgan fingerprint density at radius 1 is 1.21 bits per heavy atom. The third-order valence-electron chi connectivity index (χ3n) is 2.68. The van der Waals surface area contributed by atoms with E-state index in [0.29, 0.717) is 23.5 Å². The molecule has 98 valence electrons. The molecule has 2 aromatic rings. The maximum atomic E-state index is 12.9. The second kappa shape index (κ2) is 5.52. The van der Waals surface area contributed by atoms with Gasteiger partial charge in [-0.15, -0.1) is 0 Å². The summed E-state index contributed by atoms with van der Waals surface area (Å²) in [5.41, 5.74) is 1.53. The minimum absolute atomic E-state index is 0.169. The van der Waals surface area contributed by atoms with Crippen molar-refractivity contribution in [3.8, 4) is 16.9 Å². The molecule has 3 nitrogen and oxygen atoms in total. The average molecular weight is 260 g/mol. The smallest absolute Gasteiger partial charge is 0.335 e. The molecule has 2 aromatic carbocycles. The van der Waals surface area contributed by atoms with E-state index in [9.17, 15) is 9.18 Å². The number of carboxylic acid groups (broad SMARTS) is 1. The molecule has 0 amide bonds. The number of carboxylic acids is 1. The fraction of sp³-hybridized carbons (Fsp3) is 0.133. The highest BCUT2D eigenvalue weighted by Crippen LogP contribution is 2.31. The van der Waals surface area contributed by atoms with Gasteiger partial charge in [-0.05, 0) is 42.8 Å². The molecular weight excluding hydrogens is 247 g/mol. The van der Waals surface area contributed by atoms with Crippen LogP contribution in [0.3, 0.4) is 0 Å². The molecule has 2 rings (SSSR count). The molecule has 0 fully saturated rings. The van der Waals surface area contributed by atoms with Gasteiger partial charge in [0.2, 0.25) is 0 Å². The van der Waals surface area contributed by atoms with Gasteiger partial charge < -0.3 is 9.84 Å². The van der Waals surface area contributed by atoms with E-state index in [2.05, 4.69) is 0 Å². The van der Waals surface area contributed by atoms with Crippen LogP contribution in [0.15, 0.2) is 42.5 Å². The van der Waals surface area contributed by atoms with Crippen molar-refractivity contribution in [2.24, 2.45) is 0 Å². The number of rotatable bonds is 4. The number of aromatic carboxylic acids is 1. The van der Waals surface area contributed by atoms with E-state index in [1.165, 1.54) is 24.3 Å². The normalized spacial score (nSPS) is 10.2. The number of halogens is 1. The molecule has 1 N–H and O–H groups in total. The molecule has 4 heteroatoms. The molecule has 0 heterocycles. The van der Waals surface area contributed by atoms with E-state index in [1.807, 2.05) is 6.92 Å². The third kappa shape index (κ3) is 2.91. The molecule has 0 saturated heterocycles. The fourth-order valence-electron chi connectivity index (χ4n) is 1.80. The lowest BCUT2D eigenvalue weighted by atomic mass is 10.0. The molecule has 0 aliphatic rings. The summed E-state index contributed by atoms with van der Waals surface area (Å²) in [7, 11) is 0. The number of hydrogen-bond donors (Lipinski definition) is 1. The van der Waals surface area contributed by atoms with E-state index >= 15 is 0 Å². The number of ether oxygens (including phenoxy) is 1. The van der Waals surface area contributed by atoms with Gasteiger partial charge in [0.1, 0.15) is 11.6 Å². The second-order valence-electron chi connectivity index (χ2n) is 3.96. The molecule has 19 heavy (non-hydrogen) atoms. The Morgan fingerprint density at radius 3 is 2.47 bits per heavy atom. The van der Waals surface area contributed by atoms with Crippen molar-refractivity contribution in [1.82, 2.24) is 0 Å². The summed E-state index contributed by atoms with van der Waals surface area (Å²) in [6, 6.07) is 10.5. The summed E-state index contributed by atoms with van der Waals surface area (Å²) < 4.78 is 18.4. The Hall–Kier alpha value is -2.36. The van der Waals surface area contributed by atoms with Crippen molar-refractivity contribution < 1.29 is 19.0 Å². The van der Waals surface area contributed by atoms with Crippen molar-refractivity contribution in [1.29, 1.82) is 0 Å². The van der Waals surface area contributed by atoms with Crippen molar-refractivity contribution >= 4 is 5.97 Å². The Kier molecular flexibility index (Phi) is 3.80. The van der Waals surface area contributed by atoms with Gasteiger partial charge in [-0.25, -0.2) is 9.18 Å². The van der Waals surface area contributed by atoms with E-state index in [-0.39, 0.29) is 11.4 Å². The monoisotopic (exact) mass is 260 g/mol. The van der Waals surface area contributed by atoms with Gasteiger partial charge in [0, 0.05) is 5.56 Å². The quantitative estimate of drug-likeness (QED) is 0.913. The summed E-state index contributed by atoms with van der Waals surface area (Å²) in [5.74, 6) is -0.762. The summed E-state index contributed by atoms with van der Waals surface area (Å²) in [6.07, 6.45) is 0. The van der Waals surface area contributed by atoms with Crippen LogP contribution < -0.4 is 4.74 Å². The van der Waals surface area contributed by atoms with Crippen molar-refractivity contribution in [3.05, 3.63) is 53.8 Å². The minimum Gasteiger partial charge on any atom is -0.493 e. The Balaban J connectivity index is 2.53. The van der Waals surface area contributed by atoms with Crippen LogP contribution in [0.1, 0.15) is 17.3 Å². The largest absolute Gasteiger partial charge is 0.493 e. The van der Waals surface area contributed by atoms with Crippen LogP contribution in [0.25, 0.3) is 11.1 Å². The van der Waals surface area contributed by atoms with Crippen LogP contribution >= 0.6 is 0 Å². The Bertz CT molecular complexity index is 591. The molecule has 0 atom stereocenters. The highest BCUT2D eigenvalue weighted by Gasteiger charge is 2.11. The molecule has 0 spiro atoms. The molecule has 0 aliphatic carbocycles. The molecule has 0 bridgehead atoms. The van der Waals surface area contributed by atoms with Gasteiger partial charge in [-0.1, -0.05) is 12.1 Å². The zero-order valence-corrected chi connectivity index (χ0v) is 10.4. The zero-order chi connectivity index (χ0) is 13.8. The average Bonchev–Trinajstić information content (AvgIpc) is 2.40. The zero-order valence-electron chi connectivity index (χ0n) is 10.4. The van der Waals surface area contributed by atoms with Gasteiger partial charge >= 0.3 is 5.97 Å². The minimum atomic E-state index is -1.01. The number of benzene rings is 2. The summed E-state index contributed by atoms with van der Waals surface area (Å²) in [6.45, 7) is 2.32. The SMILES string of the molecule is CCOc1ccc(C(=O)O)cc1-c1ccc(F)cc1. The molecule has 0 saturated carbocycles. The van der Waals surface area contributed by atoms with Gasteiger partial charge in [0.25, 0.3) is 0 Å². The van der Waals surface area contributed by atoms with Gasteiger partial charge in [-0.3, -0.25) is 0 Å². The van der Waals surface area contributed by atoms with E-state index < -0.39 is 5.97 Å². The van der Waals surface area contributed by atoms with Gasteiger partial charge in [0.15, 0.2) is 0 Å². The molecule has 0 radical (unpaired) electrons. The van der Waals surface area contributed by atoms with Crippen molar-refractivity contribution in [2.45, 2.75) is 6.92 Å². The first kappa shape index (κ1) is 13.1. The summed E-state index contributed by atoms with van der Waals surface area (Å²) in [4.78, 5) is 11.0. The highest BCUT2D eigenvalue weighted by molar-refractivity contribution is 5.90. The van der Waals surface area contributed by atoms with Crippen molar-refractivity contribution in [2.75, 3.05) is 6.61 Å². The van der Waals surface area contributed by atoms with E-state index in [4.69, 9.17) is 9.84 Å². The van der Waals surface area contributed by atoms with Crippen molar-refractivity contribution in [3.63, 3.8) is 0 Å². The highest BCUT2D eigenvalue weighted by atomic mass is 19.1. The van der Waals surface area contributed by atoms with Crippen LogP contribution in [0, 0.1) is 5.82 Å². The van der Waals surface area contributed by atoms with Crippen LogP contribution in [0.2, 0.25) is 0 Å². The fourth-order valence-corrected chi connectivity index (χ4v) is 1.80. The summed E-state index contributed by atoms with van der Waals surface area (Å²) >= 11 is 0. The predicted octanol–water partition coefficient (Wildman–Crippen LogP) is 3.59. The lowest BCUT2D eigenvalue weighted by Gasteiger charge is -2.11. The Labute approximate surface area is 110 Å². The molecular formula is C15H13FO3. The Morgan fingerprint density at radius 2 is 1.89 bits per heavy atom. The topological polar surface area (TPSA) is 46.5 Å². The maximum Gasteiger partial charge on any atom is 0.335 e. The van der Waals surface area contributed by atoms with E-state index in [0.717, 1.165) is 0 Å². The number of carbonyl (C=O) groups is 1. The molecule has 0 aromatic heterocycles. The first-order chi connectivity index (χ1) is 9.11. The maximum absolute atomic E-state index is 12.9. The predicted molar refractivity (Wildman–Crippen MR) is 70.0 cm³/mol. The van der Waals surface area contributed by atoms with Crippen LogP contribution in [0.4, 0.5) is 4.39 Å². The van der Waals surface area contributed by atoms with Gasteiger partial charge in [-0.2, -0.15) is 0 Å². The standard InChI is InChI=1S/C15H13FO3/c1-2-19-14-8-5-11(15(17)18)9-13(14)10-3-6-12(16)7-4-10/h3-9H,2H2,1H3,(H,17,18). The molecule has 0 unspecified atom stereocenters. The van der Waals surface area contributed by atoms with Crippen LogP contribution in [-0.4, -0.2) is 17.7 Å².